The van der Waals surface area contributed by atoms with Crippen molar-refractivity contribution >= 4 is 66.7 Å². The van der Waals surface area contributed by atoms with E-state index in [1.165, 1.54) is 0 Å². The van der Waals surface area contributed by atoms with Gasteiger partial charge in [-0.05, 0) is 72.8 Å². The van der Waals surface area contributed by atoms with Crippen LogP contribution in [0.3, 0.4) is 0 Å². The first-order chi connectivity index (χ1) is 24.6. The lowest BCUT2D eigenvalue weighted by Crippen LogP contribution is -2.26. The van der Waals surface area contributed by atoms with Crippen LogP contribution in [0, 0.1) is 22.7 Å². The minimum atomic E-state index is -3.67. The second-order valence-corrected chi connectivity index (χ2v) is 15.0. The van der Waals surface area contributed by atoms with Crippen LogP contribution in [0.2, 0.25) is 0 Å². The summed E-state index contributed by atoms with van der Waals surface area (Å²) in [5, 5.41) is 25.5. The third kappa shape index (κ3) is 4.28. The molecule has 234 valence electrons. The summed E-state index contributed by atoms with van der Waals surface area (Å²) in [5.41, 5.74) is 6.67. The smallest absolute Gasteiger partial charge is 0.172 e. The molecule has 0 aliphatic rings. The van der Waals surface area contributed by atoms with Gasteiger partial charge in [0.2, 0.25) is 0 Å². The molecule has 6 heteroatoms. The molecule has 0 radical (unpaired) electrons. The minimum absolute atomic E-state index is 0.533. The second-order valence-electron chi connectivity index (χ2n) is 12.3. The highest BCUT2D eigenvalue weighted by atomic mass is 31.2. The zero-order valence-electron chi connectivity index (χ0n) is 26.7. The lowest BCUT2D eigenvalue weighted by Gasteiger charge is -2.22. The van der Waals surface area contributed by atoms with E-state index < -0.39 is 7.14 Å². The number of fused-ring (bicyclic) bond motifs is 6. The number of para-hydroxylation sites is 2. The molecule has 0 aliphatic heterocycles. The molecule has 0 unspecified atom stereocenters. The van der Waals surface area contributed by atoms with E-state index >= 15 is 4.57 Å². The summed E-state index contributed by atoms with van der Waals surface area (Å²) in [4.78, 5) is 0. The molecule has 7 aromatic carbocycles. The van der Waals surface area contributed by atoms with Gasteiger partial charge in [0.05, 0.1) is 45.3 Å². The number of nitrogens with zero attached hydrogens (tertiary/aromatic N) is 4. The summed E-state index contributed by atoms with van der Waals surface area (Å²) in [7, 11) is -3.67. The van der Waals surface area contributed by atoms with Crippen molar-refractivity contribution in [2.24, 2.45) is 0 Å². The molecule has 0 atom stereocenters. The molecule has 5 nitrogen and oxygen atoms in total. The topological polar surface area (TPSA) is 74.5 Å². The number of rotatable bonds is 5. The molecule has 0 spiro atoms. The molecule has 9 rings (SSSR count). The number of aromatic nitrogens is 2. The molecule has 2 heterocycles. The zero-order chi connectivity index (χ0) is 33.8. The van der Waals surface area contributed by atoms with Crippen LogP contribution < -0.4 is 15.9 Å². The Morgan fingerprint density at radius 2 is 0.860 bits per heavy atom. The largest absolute Gasteiger partial charge is 0.309 e. The molecule has 50 heavy (non-hydrogen) atoms. The SMILES string of the molecule is N#Cc1ccc2c(c1)c1c(P(=O)(c3ccccc3)c3cccc4c3c3cc(C#N)ccc3n4-c3ccccc3)cccc1n2-c1ccccc1. The van der Waals surface area contributed by atoms with Gasteiger partial charge >= 0.3 is 0 Å². The fraction of sp³-hybridized carbons (Fsp3) is 0. The van der Waals surface area contributed by atoms with Crippen LogP contribution in [0.4, 0.5) is 0 Å². The summed E-state index contributed by atoms with van der Waals surface area (Å²) in [6.07, 6.45) is 0. The predicted molar refractivity (Wildman–Crippen MR) is 204 cm³/mol. The van der Waals surface area contributed by atoms with Gasteiger partial charge in [0.25, 0.3) is 0 Å². The van der Waals surface area contributed by atoms with E-state index in [2.05, 4.69) is 57.7 Å². The highest BCUT2D eigenvalue weighted by molar-refractivity contribution is 7.86. The summed E-state index contributed by atoms with van der Waals surface area (Å²) < 4.78 is 21.2. The van der Waals surface area contributed by atoms with Crippen molar-refractivity contribution in [2.45, 2.75) is 0 Å². The highest BCUT2D eigenvalue weighted by Crippen LogP contribution is 2.49. The van der Waals surface area contributed by atoms with Crippen molar-refractivity contribution in [3.63, 3.8) is 0 Å². The van der Waals surface area contributed by atoms with Crippen LogP contribution >= 0.6 is 7.14 Å². The van der Waals surface area contributed by atoms with Crippen LogP contribution in [0.15, 0.2) is 164 Å². The van der Waals surface area contributed by atoms with Crippen molar-refractivity contribution in [3.05, 3.63) is 175 Å². The Balaban J connectivity index is 1.48. The molecule has 0 fully saturated rings. The normalized spacial score (nSPS) is 11.6. The van der Waals surface area contributed by atoms with E-state index in [4.69, 9.17) is 0 Å². The van der Waals surface area contributed by atoms with Gasteiger partial charge in [0.15, 0.2) is 7.14 Å². The van der Waals surface area contributed by atoms with Crippen molar-refractivity contribution < 1.29 is 4.57 Å². The van der Waals surface area contributed by atoms with Gasteiger partial charge in [0, 0.05) is 48.8 Å². The molecular weight excluding hydrogens is 631 g/mol. The zero-order valence-corrected chi connectivity index (χ0v) is 27.6. The Labute approximate surface area is 288 Å². The fourth-order valence-electron chi connectivity index (χ4n) is 7.52. The average molecular weight is 659 g/mol. The quantitative estimate of drug-likeness (QED) is 0.173. The average Bonchev–Trinajstić information content (AvgIpc) is 3.70. The monoisotopic (exact) mass is 658 g/mol. The molecule has 2 aromatic heterocycles. The van der Waals surface area contributed by atoms with Gasteiger partial charge in [-0.1, -0.05) is 91.0 Å². The first-order valence-electron chi connectivity index (χ1n) is 16.3. The summed E-state index contributed by atoms with van der Waals surface area (Å²) in [6.45, 7) is 0. The number of hydrogen-bond acceptors (Lipinski definition) is 3. The Morgan fingerprint density at radius 1 is 0.440 bits per heavy atom. The van der Waals surface area contributed by atoms with Gasteiger partial charge < -0.3 is 13.7 Å². The van der Waals surface area contributed by atoms with E-state index in [-0.39, 0.29) is 0 Å². The molecule has 9 aromatic rings. The van der Waals surface area contributed by atoms with Crippen LogP contribution in [0.1, 0.15) is 11.1 Å². The van der Waals surface area contributed by atoms with E-state index in [0.717, 1.165) is 55.0 Å². The van der Waals surface area contributed by atoms with Crippen molar-refractivity contribution in [2.75, 3.05) is 0 Å². The lowest BCUT2D eigenvalue weighted by atomic mass is 10.1. The third-order valence-electron chi connectivity index (χ3n) is 9.62. The molecule has 0 N–H and O–H groups in total. The van der Waals surface area contributed by atoms with Gasteiger partial charge in [-0.25, -0.2) is 0 Å². The number of benzene rings is 7. The minimum Gasteiger partial charge on any atom is -0.309 e. The Hall–Kier alpha value is -6.65. The summed E-state index contributed by atoms with van der Waals surface area (Å²) >= 11 is 0. The molecule has 0 bridgehead atoms. The highest BCUT2D eigenvalue weighted by Gasteiger charge is 2.36. The first kappa shape index (κ1) is 29.5. The second kappa shape index (κ2) is 11.5. The van der Waals surface area contributed by atoms with Gasteiger partial charge in [0.1, 0.15) is 0 Å². The Morgan fingerprint density at radius 3 is 1.28 bits per heavy atom. The van der Waals surface area contributed by atoms with E-state index in [0.29, 0.717) is 27.0 Å². The number of hydrogen-bond donors (Lipinski definition) is 0. The lowest BCUT2D eigenvalue weighted by molar-refractivity contribution is 0.593. The molecule has 0 saturated carbocycles. The van der Waals surface area contributed by atoms with E-state index in [1.807, 2.05) is 127 Å². The molecule has 0 amide bonds. The van der Waals surface area contributed by atoms with Crippen molar-refractivity contribution in [1.29, 1.82) is 10.5 Å². The maximum Gasteiger partial charge on any atom is 0.172 e. The van der Waals surface area contributed by atoms with E-state index in [1.54, 1.807) is 0 Å². The summed E-state index contributed by atoms with van der Waals surface area (Å²) in [6, 6.07) is 58.1. The first-order valence-corrected chi connectivity index (χ1v) is 18.0. The van der Waals surface area contributed by atoms with Gasteiger partial charge in [-0.3, -0.25) is 0 Å². The predicted octanol–water partition coefficient (Wildman–Crippen LogP) is 9.26. The van der Waals surface area contributed by atoms with E-state index in [9.17, 15) is 10.5 Å². The Bertz CT molecular complexity index is 2730. The van der Waals surface area contributed by atoms with Crippen molar-refractivity contribution in [3.8, 4) is 23.5 Å². The third-order valence-corrected chi connectivity index (χ3v) is 12.7. The number of nitriles is 2. The summed E-state index contributed by atoms with van der Waals surface area (Å²) in [5.74, 6) is 0. The van der Waals surface area contributed by atoms with Crippen LogP contribution in [0.25, 0.3) is 55.0 Å². The fourth-order valence-corrected chi connectivity index (χ4v) is 10.6. The molecule has 0 saturated heterocycles. The maximum atomic E-state index is 16.8. The van der Waals surface area contributed by atoms with Crippen LogP contribution in [-0.2, 0) is 4.57 Å². The van der Waals surface area contributed by atoms with Crippen molar-refractivity contribution in [1.82, 2.24) is 9.13 Å². The van der Waals surface area contributed by atoms with Gasteiger partial charge in [-0.2, -0.15) is 10.5 Å². The maximum absolute atomic E-state index is 16.8. The molecule has 0 aliphatic carbocycles. The van der Waals surface area contributed by atoms with Gasteiger partial charge in [-0.15, -0.1) is 0 Å². The molecular formula is C44H27N4OP. The standard InChI is InChI=1S/C44H27N4OP/c45-28-30-22-24-37-35(26-30)43-39(47(37)32-12-4-1-5-13-32)18-10-20-41(43)50(49,34-16-8-3-9-17-34)42-21-11-19-40-44(42)36-27-31(29-46)23-25-38(36)48(40)33-14-6-2-7-15-33/h1-27H. The van der Waals surface area contributed by atoms with Crippen LogP contribution in [-0.4, -0.2) is 9.13 Å². The Kier molecular flexibility index (Phi) is 6.78. The van der Waals surface area contributed by atoms with Crippen LogP contribution in [0.5, 0.6) is 0 Å².